The van der Waals surface area contributed by atoms with Gasteiger partial charge in [0.1, 0.15) is 11.5 Å². The third kappa shape index (κ3) is 4.06. The Balaban J connectivity index is 2.08. The van der Waals surface area contributed by atoms with E-state index in [2.05, 4.69) is 18.7 Å². The van der Waals surface area contributed by atoms with Crippen LogP contribution in [0, 0.1) is 0 Å². The van der Waals surface area contributed by atoms with Crippen molar-refractivity contribution in [3.05, 3.63) is 57.8 Å². The molecule has 1 aliphatic rings. The lowest BCUT2D eigenvalue weighted by Crippen LogP contribution is -2.37. The summed E-state index contributed by atoms with van der Waals surface area (Å²) in [6.07, 6.45) is 0. The number of nitrogens with zero attached hydrogens (tertiary/aromatic N) is 2. The molecule has 6 nitrogen and oxygen atoms in total. The molecule has 2 heterocycles. The number of ether oxygens (including phenoxy) is 1. The number of aliphatic hydroxyl groups is 1. The second-order valence-corrected chi connectivity index (χ2v) is 7.71. The number of carbonyl (C=O) groups is 2. The van der Waals surface area contributed by atoms with Gasteiger partial charge < -0.3 is 19.6 Å². The molecule has 0 aliphatic carbocycles. The number of hydrogen-bond donors (Lipinski definition) is 1. The molecule has 1 unspecified atom stereocenters. The molecule has 0 radical (unpaired) electrons. The van der Waals surface area contributed by atoms with Gasteiger partial charge in [-0.05, 0) is 36.7 Å². The van der Waals surface area contributed by atoms with E-state index < -0.39 is 17.7 Å². The molecule has 29 heavy (non-hydrogen) atoms. The highest BCUT2D eigenvalue weighted by molar-refractivity contribution is 7.10. The minimum atomic E-state index is -0.661. The van der Waals surface area contributed by atoms with Crippen LogP contribution in [0.25, 0.3) is 5.76 Å². The van der Waals surface area contributed by atoms with E-state index >= 15 is 0 Å². The molecule has 0 bridgehead atoms. The van der Waals surface area contributed by atoms with Gasteiger partial charge in [-0.3, -0.25) is 9.59 Å². The summed E-state index contributed by atoms with van der Waals surface area (Å²) in [5, 5.41) is 13.0. The Morgan fingerprint density at radius 1 is 1.17 bits per heavy atom. The van der Waals surface area contributed by atoms with Gasteiger partial charge in [0.05, 0.1) is 24.3 Å². The first-order valence-electron chi connectivity index (χ1n) is 9.71. The number of aliphatic hydroxyl groups excluding tert-OH is 1. The van der Waals surface area contributed by atoms with E-state index in [1.165, 1.54) is 18.4 Å². The Labute approximate surface area is 175 Å². The number of hydrogen-bond acceptors (Lipinski definition) is 6. The molecule has 1 amide bonds. The van der Waals surface area contributed by atoms with Crippen molar-refractivity contribution >= 4 is 28.8 Å². The van der Waals surface area contributed by atoms with E-state index in [1.54, 1.807) is 29.2 Å². The number of Topliss-reactive ketones (excluding diaryl/α,β-unsaturated/α-hetero) is 1. The molecule has 0 saturated carbocycles. The number of thiophene rings is 1. The average molecular weight is 415 g/mol. The number of carbonyl (C=O) groups excluding carboxylic acids is 2. The summed E-state index contributed by atoms with van der Waals surface area (Å²) in [7, 11) is 1.51. The molecule has 1 atom stereocenters. The van der Waals surface area contributed by atoms with Crippen LogP contribution in [0.2, 0.25) is 0 Å². The Hall–Kier alpha value is -2.64. The van der Waals surface area contributed by atoms with E-state index in [0.29, 0.717) is 24.4 Å². The SMILES string of the molecule is CCN(CC)CCN1C(=O)C(=O)/C(=C(\O)c2ccccc2OC)C1c1cccs1. The van der Waals surface area contributed by atoms with Crippen molar-refractivity contribution in [1.82, 2.24) is 9.80 Å². The summed E-state index contributed by atoms with van der Waals surface area (Å²) in [5.74, 6) is -0.993. The Bertz CT molecular complexity index is 903. The standard InChI is InChI=1S/C22H26N2O4S/c1-4-23(5-2)12-13-24-19(17-11-8-14-29-17)18(21(26)22(24)27)20(25)15-9-6-7-10-16(15)28-3/h6-11,14,19,25H,4-5,12-13H2,1-3H3/b20-18-. The number of amides is 1. The molecule has 1 fully saturated rings. The first kappa shape index (κ1) is 21.1. The molecule has 3 rings (SSSR count). The maximum absolute atomic E-state index is 13.0. The van der Waals surface area contributed by atoms with Crippen molar-refractivity contribution < 1.29 is 19.4 Å². The monoisotopic (exact) mass is 414 g/mol. The van der Waals surface area contributed by atoms with Crippen LogP contribution in [0.5, 0.6) is 5.75 Å². The van der Waals surface area contributed by atoms with Gasteiger partial charge in [-0.2, -0.15) is 0 Å². The quantitative estimate of drug-likeness (QED) is 0.407. The fourth-order valence-electron chi connectivity index (χ4n) is 3.63. The Kier molecular flexibility index (Phi) is 6.71. The van der Waals surface area contributed by atoms with Crippen LogP contribution in [0.1, 0.15) is 30.3 Å². The largest absolute Gasteiger partial charge is 0.507 e. The summed E-state index contributed by atoms with van der Waals surface area (Å²) in [6, 6.07) is 10.1. The van der Waals surface area contributed by atoms with Crippen LogP contribution in [0.3, 0.4) is 0 Å². The lowest BCUT2D eigenvalue weighted by molar-refractivity contribution is -0.140. The first-order chi connectivity index (χ1) is 14.0. The van der Waals surface area contributed by atoms with Crippen molar-refractivity contribution in [1.29, 1.82) is 0 Å². The molecule has 1 aliphatic heterocycles. The second kappa shape index (κ2) is 9.24. The molecule has 2 aromatic rings. The zero-order valence-corrected chi connectivity index (χ0v) is 17.7. The summed E-state index contributed by atoms with van der Waals surface area (Å²) in [4.78, 5) is 30.5. The van der Waals surface area contributed by atoms with Crippen LogP contribution >= 0.6 is 11.3 Å². The normalized spacial score (nSPS) is 18.6. The van der Waals surface area contributed by atoms with Gasteiger partial charge in [0.15, 0.2) is 0 Å². The zero-order chi connectivity index (χ0) is 21.0. The molecule has 1 aromatic carbocycles. The van der Waals surface area contributed by atoms with Crippen molar-refractivity contribution in [2.75, 3.05) is 33.3 Å². The lowest BCUT2D eigenvalue weighted by atomic mass is 9.99. The maximum atomic E-state index is 13.0. The van der Waals surface area contributed by atoms with Crippen LogP contribution in [-0.4, -0.2) is 59.9 Å². The summed E-state index contributed by atoms with van der Waals surface area (Å²) >= 11 is 1.46. The molecule has 0 spiro atoms. The molecule has 1 aromatic heterocycles. The van der Waals surface area contributed by atoms with Gasteiger partial charge in [-0.1, -0.05) is 32.0 Å². The van der Waals surface area contributed by atoms with Crippen LogP contribution in [0.4, 0.5) is 0 Å². The molecule has 1 saturated heterocycles. The van der Waals surface area contributed by atoms with E-state index in [4.69, 9.17) is 4.74 Å². The van der Waals surface area contributed by atoms with E-state index in [9.17, 15) is 14.7 Å². The highest BCUT2D eigenvalue weighted by atomic mass is 32.1. The maximum Gasteiger partial charge on any atom is 0.295 e. The fraction of sp³-hybridized carbons (Fsp3) is 0.364. The average Bonchev–Trinajstić information content (AvgIpc) is 3.36. The van der Waals surface area contributed by atoms with Gasteiger partial charge in [0.25, 0.3) is 11.7 Å². The zero-order valence-electron chi connectivity index (χ0n) is 16.9. The van der Waals surface area contributed by atoms with Crippen molar-refractivity contribution in [3.63, 3.8) is 0 Å². The van der Waals surface area contributed by atoms with Gasteiger partial charge >= 0.3 is 0 Å². The van der Waals surface area contributed by atoms with Crippen LogP contribution in [0.15, 0.2) is 47.4 Å². The minimum absolute atomic E-state index is 0.112. The predicted octanol–water partition coefficient (Wildman–Crippen LogP) is 3.52. The number of likely N-dealkylation sites (N-methyl/N-ethyl adjacent to an activating group) is 1. The van der Waals surface area contributed by atoms with Crippen LogP contribution < -0.4 is 4.74 Å². The predicted molar refractivity (Wildman–Crippen MR) is 114 cm³/mol. The number of likely N-dealkylation sites (tertiary alicyclic amines) is 1. The molecule has 1 N–H and O–H groups in total. The highest BCUT2D eigenvalue weighted by Gasteiger charge is 2.46. The van der Waals surface area contributed by atoms with Crippen molar-refractivity contribution in [2.45, 2.75) is 19.9 Å². The lowest BCUT2D eigenvalue weighted by Gasteiger charge is -2.27. The summed E-state index contributed by atoms with van der Waals surface area (Å²) < 4.78 is 5.34. The molecular formula is C22H26N2O4S. The first-order valence-corrected chi connectivity index (χ1v) is 10.6. The Morgan fingerprint density at radius 3 is 2.52 bits per heavy atom. The number of methoxy groups -OCH3 is 1. The topological polar surface area (TPSA) is 70.1 Å². The van der Waals surface area contributed by atoms with Gasteiger partial charge in [0.2, 0.25) is 0 Å². The number of para-hydroxylation sites is 1. The van der Waals surface area contributed by atoms with Gasteiger partial charge in [-0.15, -0.1) is 11.3 Å². The van der Waals surface area contributed by atoms with Crippen LogP contribution in [-0.2, 0) is 9.59 Å². The third-order valence-corrected chi connectivity index (χ3v) is 6.19. The summed E-state index contributed by atoms with van der Waals surface area (Å²) in [6.45, 7) is 6.94. The minimum Gasteiger partial charge on any atom is -0.507 e. The van der Waals surface area contributed by atoms with E-state index in [-0.39, 0.29) is 11.3 Å². The Morgan fingerprint density at radius 2 is 1.90 bits per heavy atom. The van der Waals surface area contributed by atoms with Gasteiger partial charge in [-0.25, -0.2) is 0 Å². The smallest absolute Gasteiger partial charge is 0.295 e. The molecule has 154 valence electrons. The molecular weight excluding hydrogens is 388 g/mol. The number of rotatable bonds is 8. The fourth-order valence-corrected chi connectivity index (χ4v) is 4.47. The highest BCUT2D eigenvalue weighted by Crippen LogP contribution is 2.42. The third-order valence-electron chi connectivity index (χ3n) is 5.27. The van der Waals surface area contributed by atoms with Gasteiger partial charge in [0, 0.05) is 18.0 Å². The second-order valence-electron chi connectivity index (χ2n) is 6.74. The van der Waals surface area contributed by atoms with E-state index in [1.807, 2.05) is 17.5 Å². The number of ketones is 1. The van der Waals surface area contributed by atoms with E-state index in [0.717, 1.165) is 18.0 Å². The summed E-state index contributed by atoms with van der Waals surface area (Å²) in [5.41, 5.74) is 0.514. The number of benzene rings is 1. The van der Waals surface area contributed by atoms with Crippen molar-refractivity contribution in [3.8, 4) is 5.75 Å². The molecule has 7 heteroatoms. The van der Waals surface area contributed by atoms with Crippen molar-refractivity contribution in [2.24, 2.45) is 0 Å².